The summed E-state index contributed by atoms with van der Waals surface area (Å²) in [7, 11) is 1.91. The van der Waals surface area contributed by atoms with Crippen molar-refractivity contribution in [3.8, 4) is 0 Å². The van der Waals surface area contributed by atoms with Crippen LogP contribution in [0, 0.1) is 12.3 Å². The molecule has 0 bridgehead atoms. The standard InChI is InChI=1S/C15H19N5/c1-10-13(14(16)17)15(19(2)18-10)20-8-7-11-5-3-4-6-12(11)9-20/h3-6H,7-9H2,1-2H3,(H3,16,17). The van der Waals surface area contributed by atoms with Crippen LogP contribution in [0.15, 0.2) is 24.3 Å². The van der Waals surface area contributed by atoms with E-state index in [1.54, 1.807) is 0 Å². The minimum absolute atomic E-state index is 0.0875. The highest BCUT2D eigenvalue weighted by atomic mass is 15.4. The molecule has 3 rings (SSSR count). The molecule has 20 heavy (non-hydrogen) atoms. The number of rotatable bonds is 2. The average molecular weight is 269 g/mol. The SMILES string of the molecule is Cc1nn(C)c(N2CCc3ccccc3C2)c1C(=N)N. The lowest BCUT2D eigenvalue weighted by Gasteiger charge is -2.31. The highest BCUT2D eigenvalue weighted by molar-refractivity contribution is 6.01. The third-order valence-electron chi connectivity index (χ3n) is 3.89. The van der Waals surface area contributed by atoms with E-state index in [0.29, 0.717) is 0 Å². The van der Waals surface area contributed by atoms with Gasteiger partial charge in [-0.1, -0.05) is 24.3 Å². The third kappa shape index (κ3) is 1.95. The summed E-state index contributed by atoms with van der Waals surface area (Å²) in [6.07, 6.45) is 1.01. The molecule has 5 nitrogen and oxygen atoms in total. The van der Waals surface area contributed by atoms with Crippen molar-refractivity contribution < 1.29 is 0 Å². The fraction of sp³-hybridized carbons (Fsp3) is 0.333. The second kappa shape index (κ2) is 4.67. The van der Waals surface area contributed by atoms with Crippen LogP contribution in [0.4, 0.5) is 5.82 Å². The number of aromatic nitrogens is 2. The van der Waals surface area contributed by atoms with Gasteiger partial charge in [0.1, 0.15) is 11.7 Å². The maximum Gasteiger partial charge on any atom is 0.138 e. The molecule has 5 heteroatoms. The van der Waals surface area contributed by atoms with E-state index >= 15 is 0 Å². The summed E-state index contributed by atoms with van der Waals surface area (Å²) in [5.74, 6) is 1.04. The number of benzene rings is 1. The number of nitrogens with zero attached hydrogens (tertiary/aromatic N) is 3. The van der Waals surface area contributed by atoms with E-state index in [-0.39, 0.29) is 5.84 Å². The maximum absolute atomic E-state index is 7.79. The predicted octanol–water partition coefficient (Wildman–Crippen LogP) is 1.58. The Morgan fingerprint density at radius 1 is 1.30 bits per heavy atom. The van der Waals surface area contributed by atoms with Crippen LogP contribution < -0.4 is 10.6 Å². The fourth-order valence-electron chi connectivity index (χ4n) is 3.00. The van der Waals surface area contributed by atoms with Crippen LogP contribution in [0.1, 0.15) is 22.4 Å². The molecule has 1 aromatic heterocycles. The minimum atomic E-state index is 0.0875. The Balaban J connectivity index is 2.02. The number of nitrogen functional groups attached to an aromatic ring is 1. The summed E-state index contributed by atoms with van der Waals surface area (Å²) in [4.78, 5) is 2.26. The molecule has 2 heterocycles. The van der Waals surface area contributed by atoms with Gasteiger partial charge in [-0.05, 0) is 24.5 Å². The first kappa shape index (κ1) is 12.7. The van der Waals surface area contributed by atoms with E-state index in [4.69, 9.17) is 11.1 Å². The normalized spacial score (nSPS) is 14.2. The number of aryl methyl sites for hydroxylation is 2. The number of hydrogen-bond acceptors (Lipinski definition) is 3. The summed E-state index contributed by atoms with van der Waals surface area (Å²) >= 11 is 0. The number of amidine groups is 1. The van der Waals surface area contributed by atoms with Crippen LogP contribution >= 0.6 is 0 Å². The van der Waals surface area contributed by atoms with E-state index in [1.807, 2.05) is 18.7 Å². The first-order valence-corrected chi connectivity index (χ1v) is 6.77. The zero-order valence-electron chi connectivity index (χ0n) is 11.8. The number of nitrogens with one attached hydrogen (secondary N) is 1. The molecule has 0 saturated carbocycles. The Bertz CT molecular complexity index is 671. The van der Waals surface area contributed by atoms with Crippen molar-refractivity contribution in [2.75, 3.05) is 11.4 Å². The van der Waals surface area contributed by atoms with Crippen LogP contribution in [-0.4, -0.2) is 22.2 Å². The van der Waals surface area contributed by atoms with E-state index in [2.05, 4.69) is 34.3 Å². The molecule has 0 atom stereocenters. The van der Waals surface area contributed by atoms with Gasteiger partial charge in [-0.3, -0.25) is 10.1 Å². The Kier molecular flexibility index (Phi) is 2.97. The van der Waals surface area contributed by atoms with Gasteiger partial charge in [0.2, 0.25) is 0 Å². The quantitative estimate of drug-likeness (QED) is 0.642. The molecule has 1 aliphatic heterocycles. The highest BCUT2D eigenvalue weighted by Crippen LogP contribution is 2.28. The number of nitrogens with two attached hydrogens (primary N) is 1. The van der Waals surface area contributed by atoms with Crippen molar-refractivity contribution >= 4 is 11.7 Å². The smallest absolute Gasteiger partial charge is 0.138 e. The summed E-state index contributed by atoms with van der Waals surface area (Å²) in [5, 5.41) is 12.2. The van der Waals surface area contributed by atoms with Crippen molar-refractivity contribution in [2.24, 2.45) is 12.8 Å². The number of hydrogen-bond donors (Lipinski definition) is 2. The zero-order chi connectivity index (χ0) is 14.3. The molecule has 2 aromatic rings. The van der Waals surface area contributed by atoms with E-state index in [0.717, 1.165) is 36.6 Å². The fourth-order valence-corrected chi connectivity index (χ4v) is 3.00. The topological polar surface area (TPSA) is 70.9 Å². The molecule has 0 fully saturated rings. The Hall–Kier alpha value is -2.30. The van der Waals surface area contributed by atoms with Gasteiger partial charge in [-0.15, -0.1) is 0 Å². The lowest BCUT2D eigenvalue weighted by Crippen LogP contribution is -2.33. The molecule has 1 aromatic carbocycles. The number of anilines is 1. The lowest BCUT2D eigenvalue weighted by atomic mass is 9.99. The lowest BCUT2D eigenvalue weighted by molar-refractivity contribution is 0.668. The second-order valence-corrected chi connectivity index (χ2v) is 5.26. The maximum atomic E-state index is 7.79. The minimum Gasteiger partial charge on any atom is -0.384 e. The predicted molar refractivity (Wildman–Crippen MR) is 80.2 cm³/mol. The van der Waals surface area contributed by atoms with Gasteiger partial charge in [0, 0.05) is 20.1 Å². The summed E-state index contributed by atoms with van der Waals surface area (Å²) in [5.41, 5.74) is 10.1. The molecular weight excluding hydrogens is 250 g/mol. The van der Waals surface area contributed by atoms with Gasteiger partial charge in [-0.2, -0.15) is 5.10 Å². The Labute approximate surface area is 118 Å². The molecule has 0 spiro atoms. The first-order chi connectivity index (χ1) is 9.58. The molecule has 104 valence electrons. The van der Waals surface area contributed by atoms with Gasteiger partial charge in [0.15, 0.2) is 0 Å². The van der Waals surface area contributed by atoms with Crippen molar-refractivity contribution in [1.82, 2.24) is 9.78 Å². The number of fused-ring (bicyclic) bond motifs is 1. The molecule has 0 saturated heterocycles. The Morgan fingerprint density at radius 3 is 2.70 bits per heavy atom. The summed E-state index contributed by atoms with van der Waals surface area (Å²) in [6, 6.07) is 8.51. The molecule has 0 aliphatic carbocycles. The largest absolute Gasteiger partial charge is 0.384 e. The van der Waals surface area contributed by atoms with Crippen molar-refractivity contribution in [3.63, 3.8) is 0 Å². The molecule has 3 N–H and O–H groups in total. The van der Waals surface area contributed by atoms with Gasteiger partial charge in [0.05, 0.1) is 11.3 Å². The van der Waals surface area contributed by atoms with Crippen LogP contribution in [0.25, 0.3) is 0 Å². The molecule has 1 aliphatic rings. The summed E-state index contributed by atoms with van der Waals surface area (Å²) < 4.78 is 1.83. The highest BCUT2D eigenvalue weighted by Gasteiger charge is 2.24. The van der Waals surface area contributed by atoms with Crippen LogP contribution in [0.5, 0.6) is 0 Å². The van der Waals surface area contributed by atoms with Gasteiger partial charge in [0.25, 0.3) is 0 Å². The van der Waals surface area contributed by atoms with Crippen LogP contribution in [-0.2, 0) is 20.0 Å². The average Bonchev–Trinajstić information content (AvgIpc) is 2.73. The van der Waals surface area contributed by atoms with Crippen molar-refractivity contribution in [1.29, 1.82) is 5.41 Å². The molecule has 0 radical (unpaired) electrons. The van der Waals surface area contributed by atoms with E-state index in [9.17, 15) is 0 Å². The van der Waals surface area contributed by atoms with Gasteiger partial charge < -0.3 is 10.6 Å². The van der Waals surface area contributed by atoms with Crippen molar-refractivity contribution in [2.45, 2.75) is 19.9 Å². The van der Waals surface area contributed by atoms with Crippen molar-refractivity contribution in [3.05, 3.63) is 46.6 Å². The third-order valence-corrected chi connectivity index (χ3v) is 3.89. The monoisotopic (exact) mass is 269 g/mol. The van der Waals surface area contributed by atoms with E-state index in [1.165, 1.54) is 11.1 Å². The second-order valence-electron chi connectivity index (χ2n) is 5.26. The summed E-state index contributed by atoms with van der Waals surface area (Å²) in [6.45, 7) is 3.67. The first-order valence-electron chi connectivity index (χ1n) is 6.77. The van der Waals surface area contributed by atoms with Crippen LogP contribution in [0.3, 0.4) is 0 Å². The molecule has 0 unspecified atom stereocenters. The molecular formula is C15H19N5. The zero-order valence-corrected chi connectivity index (χ0v) is 11.8. The van der Waals surface area contributed by atoms with Gasteiger partial charge >= 0.3 is 0 Å². The Morgan fingerprint density at radius 2 is 2.00 bits per heavy atom. The van der Waals surface area contributed by atoms with Crippen LogP contribution in [0.2, 0.25) is 0 Å². The van der Waals surface area contributed by atoms with Gasteiger partial charge in [-0.25, -0.2) is 0 Å². The van der Waals surface area contributed by atoms with E-state index < -0.39 is 0 Å². The molecule has 0 amide bonds.